The van der Waals surface area contributed by atoms with Crippen molar-refractivity contribution in [1.82, 2.24) is 9.55 Å². The van der Waals surface area contributed by atoms with E-state index in [0.29, 0.717) is 11.4 Å². The third-order valence-corrected chi connectivity index (χ3v) is 5.60. The lowest BCUT2D eigenvalue weighted by molar-refractivity contribution is -0.387. The Balaban J connectivity index is 1.80. The van der Waals surface area contributed by atoms with E-state index in [1.807, 2.05) is 37.5 Å². The predicted molar refractivity (Wildman–Crippen MR) is 112 cm³/mol. The highest BCUT2D eigenvalue weighted by molar-refractivity contribution is 7.99. The van der Waals surface area contributed by atoms with Gasteiger partial charge in [-0.1, -0.05) is 30.0 Å². The minimum Gasteiger partial charge on any atom is -0.388 e. The first kappa shape index (κ1) is 18.1. The summed E-state index contributed by atoms with van der Waals surface area (Å²) < 4.78 is 2.16. The molecule has 4 aromatic rings. The van der Waals surface area contributed by atoms with Crippen LogP contribution in [0.2, 0.25) is 0 Å². The van der Waals surface area contributed by atoms with Gasteiger partial charge in [0.25, 0.3) is 5.69 Å². The molecule has 0 amide bonds. The maximum atomic E-state index is 11.4. The van der Waals surface area contributed by atoms with Crippen molar-refractivity contribution < 1.29 is 4.92 Å². The summed E-state index contributed by atoms with van der Waals surface area (Å²) in [7, 11) is 1.89. The van der Waals surface area contributed by atoms with E-state index in [1.54, 1.807) is 18.3 Å². The van der Waals surface area contributed by atoms with Crippen LogP contribution in [0, 0.1) is 10.1 Å². The van der Waals surface area contributed by atoms with Crippen LogP contribution in [0.3, 0.4) is 0 Å². The average molecular weight is 390 g/mol. The molecular weight excluding hydrogens is 372 g/mol. The van der Waals surface area contributed by atoms with Gasteiger partial charge in [-0.15, -0.1) is 0 Å². The molecule has 0 unspecified atom stereocenters. The number of hydrogen-bond acceptors (Lipinski definition) is 5. The Morgan fingerprint density at radius 2 is 2.00 bits per heavy atom. The lowest BCUT2D eigenvalue weighted by atomic mass is 10.2. The van der Waals surface area contributed by atoms with Crippen LogP contribution in [0.4, 0.5) is 11.4 Å². The van der Waals surface area contributed by atoms with Crippen molar-refractivity contribution >= 4 is 34.0 Å². The largest absolute Gasteiger partial charge is 0.388 e. The molecule has 6 nitrogen and oxygen atoms in total. The summed E-state index contributed by atoms with van der Waals surface area (Å²) in [4.78, 5) is 16.8. The van der Waals surface area contributed by atoms with Gasteiger partial charge in [0.15, 0.2) is 0 Å². The first-order valence-electron chi connectivity index (χ1n) is 8.76. The Labute approximate surface area is 166 Å². The molecule has 0 spiro atoms. The summed E-state index contributed by atoms with van der Waals surface area (Å²) in [5, 5.41) is 15.6. The second kappa shape index (κ2) is 7.74. The van der Waals surface area contributed by atoms with Crippen LogP contribution in [0.25, 0.3) is 10.9 Å². The quantitative estimate of drug-likeness (QED) is 0.362. The maximum Gasteiger partial charge on any atom is 0.283 e. The van der Waals surface area contributed by atoms with E-state index in [1.165, 1.54) is 17.8 Å². The normalized spacial score (nSPS) is 10.9. The van der Waals surface area contributed by atoms with Crippen LogP contribution >= 0.6 is 11.8 Å². The number of rotatable bonds is 6. The number of hydrogen-bond donors (Lipinski definition) is 1. The van der Waals surface area contributed by atoms with E-state index in [-0.39, 0.29) is 10.6 Å². The van der Waals surface area contributed by atoms with E-state index < -0.39 is 0 Å². The molecule has 0 fully saturated rings. The zero-order valence-electron chi connectivity index (χ0n) is 15.2. The lowest BCUT2D eigenvalue weighted by Crippen LogP contribution is -1.98. The summed E-state index contributed by atoms with van der Waals surface area (Å²) >= 11 is 1.42. The third kappa shape index (κ3) is 3.57. The zero-order valence-corrected chi connectivity index (χ0v) is 16.0. The minimum absolute atomic E-state index is 0.118. The maximum absolute atomic E-state index is 11.4. The Morgan fingerprint density at radius 1 is 1.14 bits per heavy atom. The molecule has 2 aromatic carbocycles. The van der Waals surface area contributed by atoms with Crippen LogP contribution in [0.15, 0.2) is 83.0 Å². The van der Waals surface area contributed by atoms with Gasteiger partial charge in [-0.25, -0.2) is 0 Å². The van der Waals surface area contributed by atoms with Crippen molar-refractivity contribution in [2.24, 2.45) is 0 Å². The Kier molecular flexibility index (Phi) is 4.99. The van der Waals surface area contributed by atoms with Crippen molar-refractivity contribution in [2.75, 3.05) is 12.4 Å². The highest BCUT2D eigenvalue weighted by Gasteiger charge is 2.17. The fourth-order valence-electron chi connectivity index (χ4n) is 3.13. The molecule has 0 bridgehead atoms. The summed E-state index contributed by atoms with van der Waals surface area (Å²) in [5.41, 5.74) is 3.29. The average Bonchev–Trinajstić information content (AvgIpc) is 3.05. The van der Waals surface area contributed by atoms with Gasteiger partial charge in [0, 0.05) is 54.2 Å². The molecule has 2 aromatic heterocycles. The fraction of sp³-hybridized carbons (Fsp3) is 0.0952. The summed E-state index contributed by atoms with van der Waals surface area (Å²) in [6.45, 7) is 0.676. The number of benzene rings is 2. The van der Waals surface area contributed by atoms with Crippen molar-refractivity contribution in [1.29, 1.82) is 0 Å². The Hall–Kier alpha value is -3.32. The Morgan fingerprint density at radius 3 is 2.75 bits per heavy atom. The second-order valence-corrected chi connectivity index (χ2v) is 7.38. The second-order valence-electron chi connectivity index (χ2n) is 6.29. The fourth-order valence-corrected chi connectivity index (χ4v) is 4.22. The summed E-state index contributed by atoms with van der Waals surface area (Å²) in [6, 6.07) is 17.0. The molecular formula is C21H18N4O2S. The topological polar surface area (TPSA) is 73.0 Å². The molecule has 0 saturated heterocycles. The van der Waals surface area contributed by atoms with Crippen LogP contribution in [-0.2, 0) is 6.54 Å². The first-order valence-corrected chi connectivity index (χ1v) is 9.58. The van der Waals surface area contributed by atoms with Crippen molar-refractivity contribution in [3.8, 4) is 0 Å². The molecule has 0 radical (unpaired) electrons. The molecule has 0 aliphatic carbocycles. The molecule has 140 valence electrons. The highest BCUT2D eigenvalue weighted by Crippen LogP contribution is 2.39. The number of nitro groups is 1. The molecule has 7 heteroatoms. The molecule has 4 rings (SSSR count). The van der Waals surface area contributed by atoms with Gasteiger partial charge < -0.3 is 9.88 Å². The minimum atomic E-state index is -0.337. The smallest absolute Gasteiger partial charge is 0.283 e. The van der Waals surface area contributed by atoms with Gasteiger partial charge in [-0.05, 0) is 35.9 Å². The lowest BCUT2D eigenvalue weighted by Gasteiger charge is -2.06. The summed E-state index contributed by atoms with van der Waals surface area (Å²) in [6.07, 6.45) is 5.66. The van der Waals surface area contributed by atoms with E-state index >= 15 is 0 Å². The number of nitrogens with one attached hydrogen (secondary N) is 1. The monoisotopic (exact) mass is 390 g/mol. The molecule has 1 N–H and O–H groups in total. The molecule has 2 heterocycles. The zero-order chi connectivity index (χ0) is 19.5. The van der Waals surface area contributed by atoms with E-state index in [4.69, 9.17) is 0 Å². The SMILES string of the molecule is CNc1ccc2c(Sc3ccccc3[N+](=O)[O-])cn(Cc3cccnc3)c2c1. The number of nitrogens with zero attached hydrogens (tertiary/aromatic N) is 3. The number of para-hydroxylation sites is 1. The summed E-state index contributed by atoms with van der Waals surface area (Å²) in [5.74, 6) is 0. The molecule has 0 atom stereocenters. The molecule has 0 aliphatic rings. The van der Waals surface area contributed by atoms with Gasteiger partial charge in [0.1, 0.15) is 0 Å². The van der Waals surface area contributed by atoms with Crippen LogP contribution in [0.1, 0.15) is 5.56 Å². The number of fused-ring (bicyclic) bond motifs is 1. The molecule has 0 aliphatic heterocycles. The highest BCUT2D eigenvalue weighted by atomic mass is 32.2. The Bertz CT molecular complexity index is 1140. The van der Waals surface area contributed by atoms with Crippen molar-refractivity contribution in [3.05, 3.63) is 88.9 Å². The van der Waals surface area contributed by atoms with Gasteiger partial charge in [0.05, 0.1) is 15.3 Å². The van der Waals surface area contributed by atoms with Crippen molar-refractivity contribution in [3.63, 3.8) is 0 Å². The van der Waals surface area contributed by atoms with E-state index in [2.05, 4.69) is 33.2 Å². The van der Waals surface area contributed by atoms with Crippen LogP contribution in [-0.4, -0.2) is 21.5 Å². The van der Waals surface area contributed by atoms with Gasteiger partial charge >= 0.3 is 0 Å². The van der Waals surface area contributed by atoms with Gasteiger partial charge in [-0.3, -0.25) is 15.1 Å². The number of aromatic nitrogens is 2. The van der Waals surface area contributed by atoms with Crippen molar-refractivity contribution in [2.45, 2.75) is 16.3 Å². The number of anilines is 1. The number of nitro benzene ring substituents is 1. The molecule has 28 heavy (non-hydrogen) atoms. The van der Waals surface area contributed by atoms with Crippen LogP contribution in [0.5, 0.6) is 0 Å². The third-order valence-electron chi connectivity index (χ3n) is 4.49. The molecule has 0 saturated carbocycles. The van der Waals surface area contributed by atoms with E-state index in [0.717, 1.165) is 27.0 Å². The number of pyridine rings is 1. The van der Waals surface area contributed by atoms with Gasteiger partial charge in [0.2, 0.25) is 0 Å². The first-order chi connectivity index (χ1) is 13.7. The predicted octanol–water partition coefficient (Wildman–Crippen LogP) is 5.19. The van der Waals surface area contributed by atoms with Crippen LogP contribution < -0.4 is 5.32 Å². The standard InChI is InChI=1S/C21H18N4O2S/c1-22-16-8-9-17-19(11-16)24(13-15-5-4-10-23-12-15)14-21(17)28-20-7-3-2-6-18(20)25(26)27/h2-12,14,22H,13H2,1H3. The van der Waals surface area contributed by atoms with Gasteiger partial charge in [-0.2, -0.15) is 0 Å². The van der Waals surface area contributed by atoms with E-state index in [9.17, 15) is 10.1 Å².